The molecule has 2 heterocycles. The molecule has 1 atom stereocenters. The number of hydrogen-bond acceptors (Lipinski definition) is 3. The summed E-state index contributed by atoms with van der Waals surface area (Å²) in [4.78, 5) is 27.3. The van der Waals surface area contributed by atoms with Gasteiger partial charge in [0, 0.05) is 26.6 Å². The molecular formula is C20H26N4O2. The first-order valence-corrected chi connectivity index (χ1v) is 9.11. The van der Waals surface area contributed by atoms with Crippen molar-refractivity contribution in [3.63, 3.8) is 0 Å². The molecule has 1 N–H and O–H groups in total. The number of aryl methyl sites for hydroxylation is 1. The smallest absolute Gasteiger partial charge is 0.272 e. The van der Waals surface area contributed by atoms with E-state index in [1.807, 2.05) is 36.4 Å². The Morgan fingerprint density at radius 1 is 1.31 bits per heavy atom. The molecule has 1 saturated heterocycles. The molecule has 0 bridgehead atoms. The minimum atomic E-state index is -0.498. The van der Waals surface area contributed by atoms with E-state index in [1.165, 1.54) is 0 Å². The molecule has 138 valence electrons. The molecule has 1 fully saturated rings. The van der Waals surface area contributed by atoms with E-state index in [2.05, 4.69) is 24.3 Å². The molecular weight excluding hydrogens is 328 g/mol. The Kier molecular flexibility index (Phi) is 5.40. The van der Waals surface area contributed by atoms with Gasteiger partial charge in [0.2, 0.25) is 5.91 Å². The standard InChI is InChI=1S/C20H26N4O2/c1-14(2)11-16-13-18(23(3)22-16)20(26)24-10-9-21-19(25)17(24)12-15-7-5-4-6-8-15/h4-8,13-14,17H,9-12H2,1-3H3,(H,21,25)/t17-/m0/s1. The van der Waals surface area contributed by atoms with Gasteiger partial charge in [0.1, 0.15) is 11.7 Å². The van der Waals surface area contributed by atoms with Crippen LogP contribution in [0.4, 0.5) is 0 Å². The molecule has 0 spiro atoms. The molecule has 2 aromatic rings. The van der Waals surface area contributed by atoms with Gasteiger partial charge in [-0.2, -0.15) is 5.10 Å². The number of piperazine rings is 1. The first-order valence-electron chi connectivity index (χ1n) is 9.11. The van der Waals surface area contributed by atoms with Gasteiger partial charge in [-0.15, -0.1) is 0 Å². The molecule has 0 aliphatic carbocycles. The van der Waals surface area contributed by atoms with E-state index in [9.17, 15) is 9.59 Å². The van der Waals surface area contributed by atoms with E-state index < -0.39 is 6.04 Å². The molecule has 0 saturated carbocycles. The SMILES string of the molecule is CC(C)Cc1cc(C(=O)N2CCNC(=O)[C@@H]2Cc2ccccc2)n(C)n1. The first-order chi connectivity index (χ1) is 12.5. The summed E-state index contributed by atoms with van der Waals surface area (Å²) in [7, 11) is 1.79. The number of nitrogens with zero attached hydrogens (tertiary/aromatic N) is 3. The average molecular weight is 354 g/mol. The van der Waals surface area contributed by atoms with Crippen LogP contribution in [0, 0.1) is 5.92 Å². The van der Waals surface area contributed by atoms with Crippen LogP contribution in [-0.2, 0) is 24.7 Å². The highest BCUT2D eigenvalue weighted by molar-refractivity contribution is 5.97. The average Bonchev–Trinajstić information content (AvgIpc) is 2.96. The van der Waals surface area contributed by atoms with Gasteiger partial charge in [0.25, 0.3) is 5.91 Å². The van der Waals surface area contributed by atoms with Crippen molar-refractivity contribution in [2.75, 3.05) is 13.1 Å². The number of carbonyl (C=O) groups excluding carboxylic acids is 2. The van der Waals surface area contributed by atoms with Crippen LogP contribution < -0.4 is 5.32 Å². The maximum absolute atomic E-state index is 13.2. The number of nitrogens with one attached hydrogen (secondary N) is 1. The van der Waals surface area contributed by atoms with Gasteiger partial charge in [-0.05, 0) is 24.0 Å². The second kappa shape index (κ2) is 7.72. The van der Waals surface area contributed by atoms with Crippen LogP contribution in [0.3, 0.4) is 0 Å². The van der Waals surface area contributed by atoms with Crippen molar-refractivity contribution < 1.29 is 9.59 Å². The molecule has 1 aromatic carbocycles. The Balaban J connectivity index is 1.84. The van der Waals surface area contributed by atoms with E-state index in [4.69, 9.17) is 0 Å². The first kappa shape index (κ1) is 18.2. The predicted octanol–water partition coefficient (Wildman–Crippen LogP) is 1.80. The molecule has 6 heteroatoms. The monoisotopic (exact) mass is 354 g/mol. The third-order valence-corrected chi connectivity index (χ3v) is 4.63. The number of carbonyl (C=O) groups is 2. The second-order valence-electron chi connectivity index (χ2n) is 7.24. The molecule has 1 aliphatic rings. The van der Waals surface area contributed by atoms with Crippen LogP contribution in [0.15, 0.2) is 36.4 Å². The fourth-order valence-electron chi connectivity index (χ4n) is 3.39. The Morgan fingerprint density at radius 2 is 2.04 bits per heavy atom. The van der Waals surface area contributed by atoms with Gasteiger partial charge in [0.15, 0.2) is 0 Å². The van der Waals surface area contributed by atoms with Gasteiger partial charge >= 0.3 is 0 Å². The zero-order valence-electron chi connectivity index (χ0n) is 15.6. The summed E-state index contributed by atoms with van der Waals surface area (Å²) in [6.07, 6.45) is 1.34. The fraction of sp³-hybridized carbons (Fsp3) is 0.450. The zero-order valence-corrected chi connectivity index (χ0v) is 15.6. The lowest BCUT2D eigenvalue weighted by Gasteiger charge is -2.35. The Morgan fingerprint density at radius 3 is 2.73 bits per heavy atom. The van der Waals surface area contributed by atoms with E-state index >= 15 is 0 Å². The second-order valence-corrected chi connectivity index (χ2v) is 7.24. The minimum Gasteiger partial charge on any atom is -0.353 e. The van der Waals surface area contributed by atoms with Crippen LogP contribution >= 0.6 is 0 Å². The van der Waals surface area contributed by atoms with Crippen molar-refractivity contribution in [2.24, 2.45) is 13.0 Å². The van der Waals surface area contributed by atoms with E-state index in [-0.39, 0.29) is 11.8 Å². The molecule has 6 nitrogen and oxygen atoms in total. The van der Waals surface area contributed by atoms with Crippen molar-refractivity contribution in [1.82, 2.24) is 20.0 Å². The number of rotatable bonds is 5. The third kappa shape index (κ3) is 3.95. The van der Waals surface area contributed by atoms with Gasteiger partial charge < -0.3 is 10.2 Å². The molecule has 1 aliphatic heterocycles. The summed E-state index contributed by atoms with van der Waals surface area (Å²) in [5.74, 6) is 0.239. The molecule has 0 unspecified atom stereocenters. The highest BCUT2D eigenvalue weighted by atomic mass is 16.2. The van der Waals surface area contributed by atoms with E-state index in [0.29, 0.717) is 31.1 Å². The number of amides is 2. The van der Waals surface area contributed by atoms with Crippen LogP contribution in [0.25, 0.3) is 0 Å². The lowest BCUT2D eigenvalue weighted by atomic mass is 10.0. The molecule has 2 amide bonds. The van der Waals surface area contributed by atoms with Crippen molar-refractivity contribution in [1.29, 1.82) is 0 Å². The predicted molar refractivity (Wildman–Crippen MR) is 99.7 cm³/mol. The quantitative estimate of drug-likeness (QED) is 0.890. The summed E-state index contributed by atoms with van der Waals surface area (Å²) in [6, 6.07) is 11.2. The summed E-state index contributed by atoms with van der Waals surface area (Å²) < 4.78 is 1.63. The lowest BCUT2D eigenvalue weighted by Crippen LogP contribution is -2.58. The van der Waals surface area contributed by atoms with Crippen molar-refractivity contribution in [3.8, 4) is 0 Å². The normalized spacial score (nSPS) is 17.5. The Hall–Kier alpha value is -2.63. The number of benzene rings is 1. The fourth-order valence-corrected chi connectivity index (χ4v) is 3.39. The van der Waals surface area contributed by atoms with Crippen molar-refractivity contribution >= 4 is 11.8 Å². The summed E-state index contributed by atoms with van der Waals surface area (Å²) in [6.45, 7) is 5.24. The molecule has 3 rings (SSSR count). The highest BCUT2D eigenvalue weighted by Gasteiger charge is 2.34. The Bertz CT molecular complexity index is 782. The lowest BCUT2D eigenvalue weighted by molar-refractivity contribution is -0.127. The van der Waals surface area contributed by atoms with E-state index in [1.54, 1.807) is 16.6 Å². The van der Waals surface area contributed by atoms with Gasteiger partial charge in [-0.1, -0.05) is 44.2 Å². The van der Waals surface area contributed by atoms with E-state index in [0.717, 1.165) is 17.7 Å². The highest BCUT2D eigenvalue weighted by Crippen LogP contribution is 2.17. The number of hydrogen-bond donors (Lipinski definition) is 1. The van der Waals surface area contributed by atoms with Crippen LogP contribution in [0.2, 0.25) is 0 Å². The summed E-state index contributed by atoms with van der Waals surface area (Å²) >= 11 is 0. The number of aromatic nitrogens is 2. The third-order valence-electron chi connectivity index (χ3n) is 4.63. The van der Waals surface area contributed by atoms with Gasteiger partial charge in [-0.25, -0.2) is 0 Å². The molecule has 0 radical (unpaired) electrons. The minimum absolute atomic E-state index is 0.0991. The topological polar surface area (TPSA) is 67.2 Å². The molecule has 26 heavy (non-hydrogen) atoms. The van der Waals surface area contributed by atoms with Gasteiger partial charge in [-0.3, -0.25) is 14.3 Å². The summed E-state index contributed by atoms with van der Waals surface area (Å²) in [5, 5.41) is 7.34. The van der Waals surface area contributed by atoms with Crippen LogP contribution in [0.1, 0.15) is 35.6 Å². The summed E-state index contributed by atoms with van der Waals surface area (Å²) in [5.41, 5.74) is 2.48. The molecule has 1 aromatic heterocycles. The van der Waals surface area contributed by atoms with Crippen LogP contribution in [0.5, 0.6) is 0 Å². The van der Waals surface area contributed by atoms with Crippen LogP contribution in [-0.4, -0.2) is 45.6 Å². The maximum Gasteiger partial charge on any atom is 0.272 e. The zero-order chi connectivity index (χ0) is 18.7. The van der Waals surface area contributed by atoms with Gasteiger partial charge in [0.05, 0.1) is 5.69 Å². The van der Waals surface area contributed by atoms with Crippen molar-refractivity contribution in [3.05, 3.63) is 53.3 Å². The Labute approximate surface area is 154 Å². The van der Waals surface area contributed by atoms with Crippen molar-refractivity contribution in [2.45, 2.75) is 32.7 Å². The largest absolute Gasteiger partial charge is 0.353 e. The maximum atomic E-state index is 13.2.